The maximum atomic E-state index is 11.7. The molecule has 2 N–H and O–H groups in total. The highest BCUT2D eigenvalue weighted by molar-refractivity contribution is 14.1. The van der Waals surface area contributed by atoms with E-state index in [1.807, 2.05) is 22.6 Å². The molecule has 0 atom stereocenters. The molecule has 0 saturated heterocycles. The zero-order chi connectivity index (χ0) is 28.5. The SMILES string of the molecule is COC(=O)c1cc(C#C[Si](C)(C)C)c(NC(C)=O)cc1Cl.COC(=O)c1cc(I)c(NC(C)=O)cc1Cl. The predicted octanol–water partition coefficient (Wildman–Crippen LogP) is 6.00. The Morgan fingerprint density at radius 1 is 0.811 bits per heavy atom. The fourth-order valence-electron chi connectivity index (χ4n) is 2.59. The minimum absolute atomic E-state index is 0.195. The van der Waals surface area contributed by atoms with Crippen LogP contribution in [0.1, 0.15) is 40.1 Å². The average molecular weight is 677 g/mol. The Bertz CT molecular complexity index is 1280. The van der Waals surface area contributed by atoms with E-state index < -0.39 is 20.0 Å². The quantitative estimate of drug-likeness (QED) is 0.178. The van der Waals surface area contributed by atoms with Crippen molar-refractivity contribution in [1.29, 1.82) is 0 Å². The largest absolute Gasteiger partial charge is 0.465 e. The lowest BCUT2D eigenvalue weighted by Crippen LogP contribution is -2.16. The van der Waals surface area contributed by atoms with E-state index in [1.165, 1.54) is 40.2 Å². The molecule has 12 heteroatoms. The van der Waals surface area contributed by atoms with Crippen molar-refractivity contribution in [3.05, 3.63) is 54.6 Å². The molecule has 0 aromatic heterocycles. The summed E-state index contributed by atoms with van der Waals surface area (Å²) in [7, 11) is 0.978. The fraction of sp³-hybridized carbons (Fsp3) is 0.280. The number of anilines is 2. The molecule has 0 saturated carbocycles. The molecule has 0 bridgehead atoms. The van der Waals surface area contributed by atoms with Crippen LogP contribution in [0.4, 0.5) is 11.4 Å². The number of amides is 2. The van der Waals surface area contributed by atoms with Gasteiger partial charge in [0.25, 0.3) is 0 Å². The van der Waals surface area contributed by atoms with Gasteiger partial charge in [-0.15, -0.1) is 5.54 Å². The summed E-state index contributed by atoms with van der Waals surface area (Å²) in [5, 5.41) is 5.75. The molecule has 0 heterocycles. The maximum absolute atomic E-state index is 11.7. The van der Waals surface area contributed by atoms with Crippen LogP contribution in [0.2, 0.25) is 29.7 Å². The summed E-state index contributed by atoms with van der Waals surface area (Å²) in [6, 6.07) is 6.16. The Hall–Kier alpha value is -2.59. The van der Waals surface area contributed by atoms with Crippen molar-refractivity contribution < 1.29 is 28.7 Å². The third-order valence-electron chi connectivity index (χ3n) is 4.17. The lowest BCUT2D eigenvalue weighted by atomic mass is 10.1. The Balaban J connectivity index is 0.000000384. The normalized spacial score (nSPS) is 10.1. The first kappa shape index (κ1) is 32.4. The Labute approximate surface area is 240 Å². The molecule has 2 rings (SSSR count). The molecule has 198 valence electrons. The van der Waals surface area contributed by atoms with E-state index in [4.69, 9.17) is 23.2 Å². The second kappa shape index (κ2) is 14.4. The molecule has 0 spiro atoms. The van der Waals surface area contributed by atoms with Gasteiger partial charge in [0.15, 0.2) is 0 Å². The van der Waals surface area contributed by atoms with Gasteiger partial charge in [-0.2, -0.15) is 0 Å². The van der Waals surface area contributed by atoms with Crippen LogP contribution < -0.4 is 10.6 Å². The van der Waals surface area contributed by atoms with E-state index in [2.05, 4.69) is 51.2 Å². The standard InChI is InChI=1S/C15H18ClNO3Si.C10H9ClINO3/c1-10(18)17-14-9-13(16)12(15(19)20-2)8-11(14)6-7-21(3,4)5;1-5(14)13-9-4-7(11)6(3-8(9)12)10(15)16-2/h8-9H,1-5H3,(H,17,18);3-4H,1-2H3,(H,13,14). The minimum Gasteiger partial charge on any atom is -0.465 e. The van der Waals surface area contributed by atoms with Gasteiger partial charge < -0.3 is 20.1 Å². The second-order valence-corrected chi connectivity index (χ2v) is 15.3. The molecular weight excluding hydrogens is 650 g/mol. The smallest absolute Gasteiger partial charge is 0.339 e. The minimum atomic E-state index is -1.59. The van der Waals surface area contributed by atoms with Crippen molar-refractivity contribution in [2.24, 2.45) is 0 Å². The number of hydrogen-bond acceptors (Lipinski definition) is 6. The van der Waals surface area contributed by atoms with Gasteiger partial charge in [-0.1, -0.05) is 48.8 Å². The number of esters is 2. The van der Waals surface area contributed by atoms with E-state index in [9.17, 15) is 19.2 Å². The summed E-state index contributed by atoms with van der Waals surface area (Å²) in [4.78, 5) is 45.2. The number of nitrogens with one attached hydrogen (secondary N) is 2. The second-order valence-electron chi connectivity index (χ2n) is 8.54. The number of rotatable bonds is 4. The molecule has 0 aliphatic heterocycles. The van der Waals surface area contributed by atoms with Crippen molar-refractivity contribution in [3.8, 4) is 11.5 Å². The van der Waals surface area contributed by atoms with Crippen molar-refractivity contribution in [3.63, 3.8) is 0 Å². The first-order valence-electron chi connectivity index (χ1n) is 10.7. The number of halogens is 3. The summed E-state index contributed by atoms with van der Waals surface area (Å²) < 4.78 is 9.99. The number of carbonyl (C=O) groups is 4. The van der Waals surface area contributed by atoms with Gasteiger partial charge in [-0.05, 0) is 46.9 Å². The van der Waals surface area contributed by atoms with E-state index in [0.717, 1.165) is 3.57 Å². The van der Waals surface area contributed by atoms with E-state index in [-0.39, 0.29) is 33.0 Å². The van der Waals surface area contributed by atoms with Gasteiger partial charge in [0.1, 0.15) is 8.07 Å². The van der Waals surface area contributed by atoms with Crippen LogP contribution in [0, 0.1) is 15.0 Å². The van der Waals surface area contributed by atoms with Gasteiger partial charge in [-0.3, -0.25) is 9.59 Å². The molecular formula is C25H27Cl2IN2O6Si. The summed E-state index contributed by atoms with van der Waals surface area (Å²) in [6.07, 6.45) is 0. The van der Waals surface area contributed by atoms with Crippen LogP contribution in [0.15, 0.2) is 24.3 Å². The summed E-state index contributed by atoms with van der Waals surface area (Å²) >= 11 is 14.0. The Kier molecular flexibility index (Phi) is 12.6. The van der Waals surface area contributed by atoms with E-state index in [0.29, 0.717) is 16.9 Å². The monoisotopic (exact) mass is 676 g/mol. The Morgan fingerprint density at radius 2 is 1.24 bits per heavy atom. The molecule has 2 aromatic rings. The van der Waals surface area contributed by atoms with Gasteiger partial charge in [0.05, 0.1) is 46.8 Å². The highest BCUT2D eigenvalue weighted by Crippen LogP contribution is 2.28. The van der Waals surface area contributed by atoms with Gasteiger partial charge in [0.2, 0.25) is 11.8 Å². The predicted molar refractivity (Wildman–Crippen MR) is 157 cm³/mol. The zero-order valence-electron chi connectivity index (χ0n) is 21.4. The molecule has 2 aromatic carbocycles. The average Bonchev–Trinajstić information content (AvgIpc) is 2.78. The van der Waals surface area contributed by atoms with Gasteiger partial charge >= 0.3 is 11.9 Å². The van der Waals surface area contributed by atoms with E-state index >= 15 is 0 Å². The molecule has 8 nitrogen and oxygen atoms in total. The van der Waals surface area contributed by atoms with Crippen molar-refractivity contribution >= 4 is 89.0 Å². The molecule has 0 unspecified atom stereocenters. The lowest BCUT2D eigenvalue weighted by molar-refractivity contribution is -0.115. The number of ether oxygens (including phenoxy) is 2. The Morgan fingerprint density at radius 3 is 1.68 bits per heavy atom. The van der Waals surface area contributed by atoms with Crippen molar-refractivity contribution in [1.82, 2.24) is 0 Å². The van der Waals surface area contributed by atoms with Crippen LogP contribution >= 0.6 is 45.8 Å². The van der Waals surface area contributed by atoms with E-state index in [1.54, 1.807) is 12.1 Å². The molecule has 37 heavy (non-hydrogen) atoms. The van der Waals surface area contributed by atoms with Crippen LogP contribution in [0.5, 0.6) is 0 Å². The number of benzene rings is 2. The summed E-state index contributed by atoms with van der Waals surface area (Å²) in [5.74, 6) is 1.57. The number of methoxy groups -OCH3 is 2. The van der Waals surface area contributed by atoms with Crippen LogP contribution in [0.25, 0.3) is 0 Å². The lowest BCUT2D eigenvalue weighted by Gasteiger charge is -2.10. The zero-order valence-corrected chi connectivity index (χ0v) is 26.1. The van der Waals surface area contributed by atoms with Crippen molar-refractivity contribution in [2.45, 2.75) is 33.5 Å². The molecule has 0 aliphatic carbocycles. The van der Waals surface area contributed by atoms with Gasteiger partial charge in [-0.25, -0.2) is 9.59 Å². The topological polar surface area (TPSA) is 111 Å². The molecule has 2 amide bonds. The molecule has 0 fully saturated rings. The third-order valence-corrected chi connectivity index (χ3v) is 6.56. The van der Waals surface area contributed by atoms with Crippen LogP contribution in [-0.4, -0.2) is 46.0 Å². The molecule has 0 radical (unpaired) electrons. The highest BCUT2D eigenvalue weighted by atomic mass is 127. The first-order chi connectivity index (χ1) is 17.1. The van der Waals surface area contributed by atoms with Crippen LogP contribution in [-0.2, 0) is 19.1 Å². The summed E-state index contributed by atoms with van der Waals surface area (Å²) in [6.45, 7) is 9.12. The van der Waals surface area contributed by atoms with Crippen molar-refractivity contribution in [2.75, 3.05) is 24.9 Å². The number of carbonyl (C=O) groups excluding carboxylic acids is 4. The maximum Gasteiger partial charge on any atom is 0.339 e. The van der Waals surface area contributed by atoms with Gasteiger partial charge in [0, 0.05) is 23.0 Å². The number of hydrogen-bond donors (Lipinski definition) is 2. The molecule has 0 aliphatic rings. The highest BCUT2D eigenvalue weighted by Gasteiger charge is 2.16. The third kappa shape index (κ3) is 10.7. The van der Waals surface area contributed by atoms with Crippen LogP contribution in [0.3, 0.4) is 0 Å². The summed E-state index contributed by atoms with van der Waals surface area (Å²) in [5.41, 5.74) is 5.33. The first-order valence-corrected chi connectivity index (χ1v) is 16.0. The fourth-order valence-corrected chi connectivity index (χ4v) is 4.18.